The van der Waals surface area contributed by atoms with Gasteiger partial charge in [0.1, 0.15) is 29.4 Å². The molecule has 0 bridgehead atoms. The molecule has 1 aliphatic rings. The van der Waals surface area contributed by atoms with E-state index >= 15 is 0 Å². The van der Waals surface area contributed by atoms with Crippen molar-refractivity contribution in [2.24, 2.45) is 0 Å². The van der Waals surface area contributed by atoms with Crippen molar-refractivity contribution in [3.8, 4) is 11.5 Å². The average Bonchev–Trinajstić information content (AvgIpc) is 3.13. The molecule has 4 heterocycles. The molecule has 1 atom stereocenters. The van der Waals surface area contributed by atoms with Crippen molar-refractivity contribution in [3.05, 3.63) is 23.6 Å². The molecule has 0 spiro atoms. The molecular formula is C18H17F6N7O. The smallest absolute Gasteiger partial charge is 0.383 e. The third-order valence-electron chi connectivity index (χ3n) is 5.36. The normalized spacial score (nSPS) is 18.1. The number of alkyl halides is 5. The van der Waals surface area contributed by atoms with Crippen molar-refractivity contribution in [2.75, 3.05) is 11.1 Å². The highest BCUT2D eigenvalue weighted by Crippen LogP contribution is 2.43. The standard InChI is InChI=1S/C18H17F6N7O/c1-16(2)9-11(25)27-13(28-12(9)29-15(16)32)10-8-5-7(19)6-26-14(8)31(30-10)4-3-17(20,21)18(22,23)24/h5-6,15,32H,3-4H2,1-2H3,(H3,25,27,28,29). The van der Waals surface area contributed by atoms with E-state index in [9.17, 15) is 31.4 Å². The Morgan fingerprint density at radius 1 is 1.22 bits per heavy atom. The van der Waals surface area contributed by atoms with Gasteiger partial charge >= 0.3 is 12.1 Å². The number of fused-ring (bicyclic) bond motifs is 2. The van der Waals surface area contributed by atoms with Gasteiger partial charge in [-0.3, -0.25) is 0 Å². The predicted octanol–water partition coefficient (Wildman–Crippen LogP) is 3.22. The Morgan fingerprint density at radius 3 is 2.56 bits per heavy atom. The van der Waals surface area contributed by atoms with Crippen LogP contribution in [0.1, 0.15) is 25.8 Å². The lowest BCUT2D eigenvalue weighted by molar-refractivity contribution is -0.285. The second kappa shape index (κ2) is 6.92. The van der Waals surface area contributed by atoms with Crippen molar-refractivity contribution >= 4 is 22.7 Å². The summed E-state index contributed by atoms with van der Waals surface area (Å²) < 4.78 is 79.1. The molecule has 1 unspecified atom stereocenters. The summed E-state index contributed by atoms with van der Waals surface area (Å²) in [5.74, 6) is -5.69. The van der Waals surface area contributed by atoms with Gasteiger partial charge in [0.05, 0.1) is 11.6 Å². The minimum atomic E-state index is -5.73. The van der Waals surface area contributed by atoms with Gasteiger partial charge in [-0.2, -0.15) is 27.1 Å². The number of hydrogen-bond acceptors (Lipinski definition) is 7. The second-order valence-electron chi connectivity index (χ2n) is 7.97. The van der Waals surface area contributed by atoms with E-state index < -0.39 is 42.5 Å². The number of nitrogens with two attached hydrogens (primary N) is 1. The molecule has 3 aromatic rings. The van der Waals surface area contributed by atoms with Crippen LogP contribution in [0.15, 0.2) is 12.3 Å². The van der Waals surface area contributed by atoms with Crippen molar-refractivity contribution in [1.29, 1.82) is 0 Å². The molecule has 3 aromatic heterocycles. The summed E-state index contributed by atoms with van der Waals surface area (Å²) >= 11 is 0. The maximum atomic E-state index is 13.8. The topological polar surface area (TPSA) is 115 Å². The second-order valence-corrected chi connectivity index (χ2v) is 7.97. The van der Waals surface area contributed by atoms with E-state index in [-0.39, 0.29) is 34.2 Å². The van der Waals surface area contributed by atoms with Crippen molar-refractivity contribution in [3.63, 3.8) is 0 Å². The minimum absolute atomic E-state index is 0.00233. The SMILES string of the molecule is CC1(C)c2c(N)nc(-c3nn(CCC(F)(F)C(F)(F)F)c4ncc(F)cc34)nc2NC1O. The van der Waals surface area contributed by atoms with Crippen LogP contribution in [0.5, 0.6) is 0 Å². The number of aromatic nitrogens is 5. The molecule has 8 nitrogen and oxygen atoms in total. The average molecular weight is 461 g/mol. The Hall–Kier alpha value is -3.16. The van der Waals surface area contributed by atoms with E-state index in [1.165, 1.54) is 0 Å². The molecule has 32 heavy (non-hydrogen) atoms. The van der Waals surface area contributed by atoms with Gasteiger partial charge in [0, 0.05) is 23.9 Å². The number of nitrogen functional groups attached to an aromatic ring is 1. The molecule has 0 amide bonds. The van der Waals surface area contributed by atoms with E-state index in [2.05, 4.69) is 25.4 Å². The molecule has 0 aliphatic carbocycles. The molecule has 4 N–H and O–H groups in total. The van der Waals surface area contributed by atoms with Crippen molar-refractivity contribution < 1.29 is 31.4 Å². The van der Waals surface area contributed by atoms with Crippen LogP contribution >= 0.6 is 0 Å². The fourth-order valence-corrected chi connectivity index (χ4v) is 3.51. The quantitative estimate of drug-likeness (QED) is 0.511. The fraction of sp³-hybridized carbons (Fsp3) is 0.444. The largest absolute Gasteiger partial charge is 0.453 e. The van der Waals surface area contributed by atoms with Gasteiger partial charge in [0.15, 0.2) is 11.5 Å². The summed E-state index contributed by atoms with van der Waals surface area (Å²) in [5.41, 5.74) is 5.41. The van der Waals surface area contributed by atoms with Gasteiger partial charge in [-0.15, -0.1) is 0 Å². The number of nitrogens with zero attached hydrogens (tertiary/aromatic N) is 5. The fourth-order valence-electron chi connectivity index (χ4n) is 3.51. The molecule has 172 valence electrons. The Labute approximate surface area is 176 Å². The maximum absolute atomic E-state index is 13.8. The zero-order valence-electron chi connectivity index (χ0n) is 16.7. The zero-order valence-corrected chi connectivity index (χ0v) is 16.7. The van der Waals surface area contributed by atoms with Gasteiger partial charge in [-0.1, -0.05) is 13.8 Å². The number of rotatable bonds is 4. The van der Waals surface area contributed by atoms with Crippen LogP contribution in [0.2, 0.25) is 0 Å². The number of anilines is 2. The monoisotopic (exact) mass is 461 g/mol. The van der Waals surface area contributed by atoms with Crippen LogP contribution in [0.3, 0.4) is 0 Å². The Kier molecular flexibility index (Phi) is 4.77. The Bertz CT molecular complexity index is 1210. The lowest BCUT2D eigenvalue weighted by Gasteiger charge is -2.22. The number of halogens is 6. The van der Waals surface area contributed by atoms with Crippen LogP contribution in [-0.2, 0) is 12.0 Å². The number of aliphatic hydroxyl groups is 1. The number of aryl methyl sites for hydroxylation is 1. The number of hydrogen-bond donors (Lipinski definition) is 3. The highest BCUT2D eigenvalue weighted by atomic mass is 19.4. The zero-order chi connectivity index (χ0) is 23.6. The van der Waals surface area contributed by atoms with E-state index in [4.69, 9.17) is 5.73 Å². The molecule has 14 heteroatoms. The first-order chi connectivity index (χ1) is 14.7. The molecule has 4 rings (SSSR count). The highest BCUT2D eigenvalue weighted by Gasteiger charge is 2.56. The van der Waals surface area contributed by atoms with Crippen LogP contribution in [0.25, 0.3) is 22.6 Å². The third-order valence-corrected chi connectivity index (χ3v) is 5.36. The number of aliphatic hydroxyl groups excluding tert-OH is 1. The summed E-state index contributed by atoms with van der Waals surface area (Å²) in [6.45, 7) is 2.56. The molecule has 0 radical (unpaired) electrons. The summed E-state index contributed by atoms with van der Waals surface area (Å²) in [6.07, 6.45) is -7.57. The van der Waals surface area contributed by atoms with Crippen LogP contribution < -0.4 is 11.1 Å². The minimum Gasteiger partial charge on any atom is -0.383 e. The number of nitrogens with one attached hydrogen (secondary N) is 1. The van der Waals surface area contributed by atoms with Gasteiger partial charge in [-0.05, 0) is 6.07 Å². The van der Waals surface area contributed by atoms with Crippen LogP contribution in [0, 0.1) is 5.82 Å². The van der Waals surface area contributed by atoms with Crippen LogP contribution in [-0.4, -0.2) is 48.2 Å². The first kappa shape index (κ1) is 22.0. The molecule has 0 fully saturated rings. The third kappa shape index (κ3) is 3.38. The van der Waals surface area contributed by atoms with E-state index in [0.717, 1.165) is 16.9 Å². The summed E-state index contributed by atoms with van der Waals surface area (Å²) in [7, 11) is 0. The first-order valence-electron chi connectivity index (χ1n) is 9.32. The van der Waals surface area contributed by atoms with Gasteiger partial charge in [-0.25, -0.2) is 24.0 Å². The van der Waals surface area contributed by atoms with Crippen molar-refractivity contribution in [2.45, 2.75) is 50.6 Å². The summed E-state index contributed by atoms with van der Waals surface area (Å²) in [6, 6.07) is 0.988. The first-order valence-corrected chi connectivity index (χ1v) is 9.32. The maximum Gasteiger partial charge on any atom is 0.453 e. The Balaban J connectivity index is 1.81. The molecule has 0 aromatic carbocycles. The summed E-state index contributed by atoms with van der Waals surface area (Å²) in [5, 5.41) is 17.0. The highest BCUT2D eigenvalue weighted by molar-refractivity contribution is 5.90. The lowest BCUT2D eigenvalue weighted by atomic mass is 9.86. The van der Waals surface area contributed by atoms with Gasteiger partial charge in [0.25, 0.3) is 0 Å². The van der Waals surface area contributed by atoms with Gasteiger partial charge in [0.2, 0.25) is 0 Å². The van der Waals surface area contributed by atoms with Crippen LogP contribution in [0.4, 0.5) is 38.0 Å². The molecule has 1 aliphatic heterocycles. The lowest BCUT2D eigenvalue weighted by Crippen LogP contribution is -2.37. The summed E-state index contributed by atoms with van der Waals surface area (Å²) in [4.78, 5) is 12.2. The van der Waals surface area contributed by atoms with E-state index in [1.54, 1.807) is 13.8 Å². The van der Waals surface area contributed by atoms with E-state index in [1.807, 2.05) is 0 Å². The van der Waals surface area contributed by atoms with Crippen molar-refractivity contribution in [1.82, 2.24) is 24.7 Å². The van der Waals surface area contributed by atoms with E-state index in [0.29, 0.717) is 5.56 Å². The predicted molar refractivity (Wildman–Crippen MR) is 101 cm³/mol. The Morgan fingerprint density at radius 2 is 1.91 bits per heavy atom. The molecular weight excluding hydrogens is 444 g/mol. The van der Waals surface area contributed by atoms with Gasteiger partial charge < -0.3 is 16.2 Å². The number of pyridine rings is 1. The molecule has 0 saturated heterocycles. The molecule has 0 saturated carbocycles.